The first-order chi connectivity index (χ1) is 9.63. The smallest absolute Gasteiger partial charge is 0.341 e. The Hall–Kier alpha value is -2.11. The lowest BCUT2D eigenvalue weighted by Crippen LogP contribution is -2.33. The molecule has 0 saturated carbocycles. The number of carbonyl (C=O) groups excluding carboxylic acids is 2. The summed E-state index contributed by atoms with van der Waals surface area (Å²) >= 11 is 0. The van der Waals surface area contributed by atoms with Gasteiger partial charge in [-0.05, 0) is 25.5 Å². The van der Waals surface area contributed by atoms with Crippen LogP contribution in [0.5, 0.6) is 0 Å². The molecule has 0 spiro atoms. The lowest BCUT2D eigenvalue weighted by Gasteiger charge is -2.23. The molecular weight excluding hydrogens is 260 g/mol. The van der Waals surface area contributed by atoms with Gasteiger partial charge in [0.25, 0.3) is 0 Å². The van der Waals surface area contributed by atoms with Crippen LogP contribution in [0.3, 0.4) is 0 Å². The van der Waals surface area contributed by atoms with Gasteiger partial charge in [0.2, 0.25) is 0 Å². The molecule has 0 atom stereocenters. The maximum atomic E-state index is 11.7. The highest BCUT2D eigenvalue weighted by atomic mass is 16.5. The van der Waals surface area contributed by atoms with Crippen molar-refractivity contribution in [2.75, 3.05) is 31.7 Å². The normalized spacial score (nSPS) is 9.95. The zero-order valence-corrected chi connectivity index (χ0v) is 12.1. The van der Waals surface area contributed by atoms with Crippen LogP contribution < -0.4 is 4.90 Å². The van der Waals surface area contributed by atoms with Gasteiger partial charge in [0.05, 0.1) is 13.7 Å². The van der Waals surface area contributed by atoms with Gasteiger partial charge in [-0.25, -0.2) is 9.78 Å². The molecule has 0 saturated heterocycles. The topological polar surface area (TPSA) is 68.7 Å². The predicted molar refractivity (Wildman–Crippen MR) is 74.7 cm³/mol. The summed E-state index contributed by atoms with van der Waals surface area (Å²) < 4.78 is 9.68. The van der Waals surface area contributed by atoms with E-state index in [-0.39, 0.29) is 12.5 Å². The number of hydrogen-bond acceptors (Lipinski definition) is 6. The highest BCUT2D eigenvalue weighted by Crippen LogP contribution is 2.18. The maximum absolute atomic E-state index is 11.7. The highest BCUT2D eigenvalue weighted by Gasteiger charge is 2.20. The van der Waals surface area contributed by atoms with Crippen molar-refractivity contribution in [3.63, 3.8) is 0 Å². The van der Waals surface area contributed by atoms with Crippen molar-refractivity contribution in [3.8, 4) is 0 Å². The average Bonchev–Trinajstić information content (AvgIpc) is 2.46. The van der Waals surface area contributed by atoms with E-state index in [2.05, 4.69) is 4.98 Å². The summed E-state index contributed by atoms with van der Waals surface area (Å²) in [5, 5.41) is 0. The van der Waals surface area contributed by atoms with Crippen LogP contribution in [0.1, 0.15) is 30.6 Å². The lowest BCUT2D eigenvalue weighted by molar-refractivity contribution is -0.141. The van der Waals surface area contributed by atoms with Crippen LogP contribution in [0.2, 0.25) is 0 Å². The number of rotatable bonds is 7. The molecule has 0 N–H and O–H groups in total. The number of esters is 2. The fourth-order valence-corrected chi connectivity index (χ4v) is 1.81. The molecule has 0 aliphatic heterocycles. The molecule has 0 aliphatic carbocycles. The van der Waals surface area contributed by atoms with E-state index in [1.165, 1.54) is 7.11 Å². The van der Waals surface area contributed by atoms with E-state index in [0.29, 0.717) is 24.5 Å². The van der Waals surface area contributed by atoms with E-state index < -0.39 is 5.97 Å². The monoisotopic (exact) mass is 280 g/mol. The Kier molecular flexibility index (Phi) is 6.49. The van der Waals surface area contributed by atoms with E-state index in [1.807, 2.05) is 6.92 Å². The lowest BCUT2D eigenvalue weighted by atomic mass is 10.2. The zero-order valence-electron chi connectivity index (χ0n) is 12.1. The van der Waals surface area contributed by atoms with E-state index in [4.69, 9.17) is 9.47 Å². The van der Waals surface area contributed by atoms with Crippen LogP contribution in [0.4, 0.5) is 5.82 Å². The second kappa shape index (κ2) is 8.14. The minimum absolute atomic E-state index is 0.0582. The van der Waals surface area contributed by atoms with Crippen LogP contribution in [-0.2, 0) is 14.3 Å². The van der Waals surface area contributed by atoms with Crippen LogP contribution >= 0.6 is 0 Å². The van der Waals surface area contributed by atoms with Crippen molar-refractivity contribution in [1.82, 2.24) is 4.98 Å². The van der Waals surface area contributed by atoms with Crippen molar-refractivity contribution in [1.29, 1.82) is 0 Å². The van der Waals surface area contributed by atoms with Gasteiger partial charge in [-0.1, -0.05) is 6.92 Å². The molecule has 0 aliphatic rings. The van der Waals surface area contributed by atoms with Gasteiger partial charge < -0.3 is 14.4 Å². The molecule has 6 heteroatoms. The Morgan fingerprint density at radius 1 is 1.35 bits per heavy atom. The summed E-state index contributed by atoms with van der Waals surface area (Å²) in [6, 6.07) is 3.28. The quantitative estimate of drug-likeness (QED) is 0.707. The summed E-state index contributed by atoms with van der Waals surface area (Å²) in [7, 11) is 1.31. The fourth-order valence-electron chi connectivity index (χ4n) is 1.81. The van der Waals surface area contributed by atoms with Crippen molar-refractivity contribution in [2.45, 2.75) is 20.3 Å². The van der Waals surface area contributed by atoms with Crippen molar-refractivity contribution >= 4 is 17.8 Å². The second-order valence-electron chi connectivity index (χ2n) is 4.09. The van der Waals surface area contributed by atoms with Gasteiger partial charge in [0.1, 0.15) is 17.9 Å². The zero-order chi connectivity index (χ0) is 15.0. The van der Waals surface area contributed by atoms with Crippen molar-refractivity contribution in [3.05, 3.63) is 23.9 Å². The van der Waals surface area contributed by atoms with Gasteiger partial charge >= 0.3 is 11.9 Å². The molecule has 0 fully saturated rings. The van der Waals surface area contributed by atoms with Gasteiger partial charge in [0.15, 0.2) is 0 Å². The molecule has 1 aromatic rings. The standard InChI is InChI=1S/C14H20N2O4/c1-4-9-16(10-12(17)20-5-2)13-11(14(18)19-3)7-6-8-15-13/h6-8H,4-5,9-10H2,1-3H3. The van der Waals surface area contributed by atoms with Crippen LogP contribution in [0.15, 0.2) is 18.3 Å². The summed E-state index contributed by atoms with van der Waals surface area (Å²) in [6.45, 7) is 4.72. The number of methoxy groups -OCH3 is 1. The Bertz CT molecular complexity index is 462. The number of aromatic nitrogens is 1. The summed E-state index contributed by atoms with van der Waals surface area (Å²) in [6.07, 6.45) is 2.40. The first-order valence-corrected chi connectivity index (χ1v) is 6.57. The molecule has 0 unspecified atom stereocenters. The molecule has 1 heterocycles. The third-order valence-corrected chi connectivity index (χ3v) is 2.61. The Labute approximate surface area is 118 Å². The molecule has 110 valence electrons. The molecule has 20 heavy (non-hydrogen) atoms. The Morgan fingerprint density at radius 2 is 2.10 bits per heavy atom. The minimum atomic E-state index is -0.474. The summed E-state index contributed by atoms with van der Waals surface area (Å²) in [5.74, 6) is -0.380. The highest BCUT2D eigenvalue weighted by molar-refractivity contribution is 5.95. The van der Waals surface area contributed by atoms with Crippen LogP contribution in [-0.4, -0.2) is 43.7 Å². The molecular formula is C14H20N2O4. The average molecular weight is 280 g/mol. The van der Waals surface area contributed by atoms with Gasteiger partial charge in [-0.3, -0.25) is 4.79 Å². The van der Waals surface area contributed by atoms with Gasteiger partial charge in [0, 0.05) is 12.7 Å². The van der Waals surface area contributed by atoms with Crippen LogP contribution in [0.25, 0.3) is 0 Å². The van der Waals surface area contributed by atoms with Crippen molar-refractivity contribution in [2.24, 2.45) is 0 Å². The number of ether oxygens (including phenoxy) is 2. The molecule has 1 rings (SSSR count). The molecule has 1 aromatic heterocycles. The van der Waals surface area contributed by atoms with Crippen molar-refractivity contribution < 1.29 is 19.1 Å². The van der Waals surface area contributed by atoms with Gasteiger partial charge in [-0.15, -0.1) is 0 Å². The third-order valence-electron chi connectivity index (χ3n) is 2.61. The second-order valence-corrected chi connectivity index (χ2v) is 4.09. The SMILES string of the molecule is CCCN(CC(=O)OCC)c1ncccc1C(=O)OC. The fraction of sp³-hybridized carbons (Fsp3) is 0.500. The third kappa shape index (κ3) is 4.22. The number of nitrogens with zero attached hydrogens (tertiary/aromatic N) is 2. The number of pyridine rings is 1. The first-order valence-electron chi connectivity index (χ1n) is 6.57. The summed E-state index contributed by atoms with van der Waals surface area (Å²) in [5.41, 5.74) is 0.341. The molecule has 6 nitrogen and oxygen atoms in total. The molecule has 0 amide bonds. The maximum Gasteiger partial charge on any atom is 0.341 e. The van der Waals surface area contributed by atoms with E-state index in [1.54, 1.807) is 30.2 Å². The van der Waals surface area contributed by atoms with E-state index >= 15 is 0 Å². The predicted octanol–water partition coefficient (Wildman–Crippen LogP) is 1.65. The van der Waals surface area contributed by atoms with E-state index in [9.17, 15) is 9.59 Å². The number of carbonyl (C=O) groups is 2. The molecule has 0 aromatic carbocycles. The molecule has 0 bridgehead atoms. The summed E-state index contributed by atoms with van der Waals surface area (Å²) in [4.78, 5) is 29.3. The first kappa shape index (κ1) is 15.9. The number of hydrogen-bond donors (Lipinski definition) is 0. The Morgan fingerprint density at radius 3 is 2.70 bits per heavy atom. The van der Waals surface area contributed by atoms with Gasteiger partial charge in [-0.2, -0.15) is 0 Å². The largest absolute Gasteiger partial charge is 0.465 e. The number of anilines is 1. The van der Waals surface area contributed by atoms with E-state index in [0.717, 1.165) is 6.42 Å². The minimum Gasteiger partial charge on any atom is -0.465 e. The van der Waals surface area contributed by atoms with Crippen LogP contribution in [0, 0.1) is 0 Å². The Balaban J connectivity index is 3.02. The molecule has 0 radical (unpaired) electrons.